The molecule has 2 rings (SSSR count). The number of aliphatic hydroxyl groups excluding tert-OH is 1. The van der Waals surface area contributed by atoms with Gasteiger partial charge in [0.2, 0.25) is 0 Å². The standard InChI is InChI=1S/C18H21FO5/c1-17(2,3)16(22)23-11-18(10-20)9-13(15(21)24-18)8-12-4-6-14(19)7-5-12/h4-8,20H,9-11H2,1-3H3/b13-8+. The van der Waals surface area contributed by atoms with E-state index in [0.29, 0.717) is 11.1 Å². The van der Waals surface area contributed by atoms with E-state index in [4.69, 9.17) is 9.47 Å². The van der Waals surface area contributed by atoms with E-state index in [0.717, 1.165) is 0 Å². The summed E-state index contributed by atoms with van der Waals surface area (Å²) in [6.07, 6.45) is 1.68. The molecule has 1 heterocycles. The topological polar surface area (TPSA) is 72.8 Å². The first kappa shape index (κ1) is 18.1. The van der Waals surface area contributed by atoms with Crippen molar-refractivity contribution in [2.24, 2.45) is 5.41 Å². The van der Waals surface area contributed by atoms with Gasteiger partial charge in [-0.3, -0.25) is 4.79 Å². The van der Waals surface area contributed by atoms with Gasteiger partial charge in [-0.25, -0.2) is 9.18 Å². The molecule has 1 unspecified atom stereocenters. The molecule has 5 nitrogen and oxygen atoms in total. The highest BCUT2D eigenvalue weighted by molar-refractivity contribution is 5.96. The maximum Gasteiger partial charge on any atom is 0.334 e. The van der Waals surface area contributed by atoms with Crippen LogP contribution >= 0.6 is 0 Å². The maximum absolute atomic E-state index is 12.9. The number of cyclic esters (lactones) is 1. The molecule has 1 aromatic carbocycles. The molecule has 0 radical (unpaired) electrons. The van der Waals surface area contributed by atoms with Crippen molar-refractivity contribution in [3.05, 3.63) is 41.2 Å². The lowest BCUT2D eigenvalue weighted by Crippen LogP contribution is -2.40. The number of esters is 2. The first-order chi connectivity index (χ1) is 11.1. The zero-order valence-electron chi connectivity index (χ0n) is 14.0. The number of rotatable bonds is 4. The van der Waals surface area contributed by atoms with Crippen LogP contribution in [0.25, 0.3) is 6.08 Å². The number of hydrogen-bond acceptors (Lipinski definition) is 5. The fourth-order valence-corrected chi connectivity index (χ4v) is 2.22. The normalized spacial score (nSPS) is 22.5. The molecule has 1 fully saturated rings. The Morgan fingerprint density at radius 2 is 2.00 bits per heavy atom. The van der Waals surface area contributed by atoms with Gasteiger partial charge in [-0.15, -0.1) is 0 Å². The molecule has 0 amide bonds. The number of halogens is 1. The highest BCUT2D eigenvalue weighted by Crippen LogP contribution is 2.33. The van der Waals surface area contributed by atoms with E-state index in [2.05, 4.69) is 0 Å². The van der Waals surface area contributed by atoms with Crippen molar-refractivity contribution in [3.8, 4) is 0 Å². The van der Waals surface area contributed by atoms with E-state index in [1.807, 2.05) is 0 Å². The number of benzene rings is 1. The molecule has 0 aromatic heterocycles. The Labute approximate surface area is 140 Å². The van der Waals surface area contributed by atoms with E-state index < -0.39 is 29.6 Å². The fraction of sp³-hybridized carbons (Fsp3) is 0.444. The molecule has 130 valence electrons. The van der Waals surface area contributed by atoms with Gasteiger partial charge in [0.25, 0.3) is 0 Å². The molecule has 0 bridgehead atoms. The molecule has 1 atom stereocenters. The van der Waals surface area contributed by atoms with Gasteiger partial charge in [0, 0.05) is 12.0 Å². The predicted octanol–water partition coefficient (Wildman–Crippen LogP) is 2.48. The molecule has 24 heavy (non-hydrogen) atoms. The summed E-state index contributed by atoms with van der Waals surface area (Å²) >= 11 is 0. The van der Waals surface area contributed by atoms with E-state index in [9.17, 15) is 19.1 Å². The summed E-state index contributed by atoms with van der Waals surface area (Å²) in [7, 11) is 0. The van der Waals surface area contributed by atoms with Crippen LogP contribution in [0.15, 0.2) is 29.8 Å². The van der Waals surface area contributed by atoms with Crippen LogP contribution < -0.4 is 0 Å². The average molecular weight is 336 g/mol. The minimum Gasteiger partial charge on any atom is -0.461 e. The van der Waals surface area contributed by atoms with Crippen LogP contribution in [0, 0.1) is 11.2 Å². The average Bonchev–Trinajstić information content (AvgIpc) is 2.83. The van der Waals surface area contributed by atoms with Crippen molar-refractivity contribution in [1.29, 1.82) is 0 Å². The zero-order valence-corrected chi connectivity index (χ0v) is 14.0. The molecule has 0 saturated carbocycles. The van der Waals surface area contributed by atoms with E-state index in [1.165, 1.54) is 24.3 Å². The Bertz CT molecular complexity index is 657. The Balaban J connectivity index is 2.12. The molecule has 6 heteroatoms. The highest BCUT2D eigenvalue weighted by Gasteiger charge is 2.45. The molecule has 1 aliphatic heterocycles. The van der Waals surface area contributed by atoms with Gasteiger partial charge in [-0.05, 0) is 44.5 Å². The van der Waals surface area contributed by atoms with Crippen LogP contribution in [0.4, 0.5) is 4.39 Å². The first-order valence-electron chi connectivity index (χ1n) is 7.63. The van der Waals surface area contributed by atoms with Gasteiger partial charge < -0.3 is 14.6 Å². The largest absolute Gasteiger partial charge is 0.461 e. The minimum atomic E-state index is -1.27. The van der Waals surface area contributed by atoms with Crippen molar-refractivity contribution in [1.82, 2.24) is 0 Å². The van der Waals surface area contributed by atoms with Gasteiger partial charge in [-0.1, -0.05) is 12.1 Å². The number of carbonyl (C=O) groups excluding carboxylic acids is 2. The molecule has 0 aliphatic carbocycles. The van der Waals surface area contributed by atoms with E-state index in [-0.39, 0.29) is 18.8 Å². The molecular weight excluding hydrogens is 315 g/mol. The monoisotopic (exact) mass is 336 g/mol. The fourth-order valence-electron chi connectivity index (χ4n) is 2.22. The van der Waals surface area contributed by atoms with Crippen molar-refractivity contribution in [2.45, 2.75) is 32.8 Å². The predicted molar refractivity (Wildman–Crippen MR) is 85.3 cm³/mol. The van der Waals surface area contributed by atoms with Gasteiger partial charge >= 0.3 is 11.9 Å². The Kier molecular flexibility index (Phi) is 5.08. The lowest BCUT2D eigenvalue weighted by atomic mass is 9.96. The quantitative estimate of drug-likeness (QED) is 0.675. The van der Waals surface area contributed by atoms with Gasteiger partial charge in [0.05, 0.1) is 12.0 Å². The van der Waals surface area contributed by atoms with Crippen molar-refractivity contribution >= 4 is 18.0 Å². The van der Waals surface area contributed by atoms with E-state index in [1.54, 1.807) is 26.8 Å². The minimum absolute atomic E-state index is 0.108. The highest BCUT2D eigenvalue weighted by atomic mass is 19.1. The second-order valence-electron chi connectivity index (χ2n) is 6.95. The number of hydrogen-bond donors (Lipinski definition) is 1. The zero-order chi connectivity index (χ0) is 18.0. The van der Waals surface area contributed by atoms with Crippen LogP contribution in [0.5, 0.6) is 0 Å². The van der Waals surface area contributed by atoms with Crippen molar-refractivity contribution < 1.29 is 28.6 Å². The summed E-state index contributed by atoms with van der Waals surface area (Å²) in [5, 5.41) is 9.62. The second-order valence-corrected chi connectivity index (χ2v) is 6.95. The summed E-state index contributed by atoms with van der Waals surface area (Å²) in [5.74, 6) is -1.40. The van der Waals surface area contributed by atoms with Crippen LogP contribution in [-0.4, -0.2) is 35.9 Å². The number of carbonyl (C=O) groups is 2. The van der Waals surface area contributed by atoms with Crippen LogP contribution in [-0.2, 0) is 19.1 Å². The van der Waals surface area contributed by atoms with Gasteiger partial charge in [0.1, 0.15) is 12.4 Å². The van der Waals surface area contributed by atoms with Gasteiger partial charge in [-0.2, -0.15) is 0 Å². The summed E-state index contributed by atoms with van der Waals surface area (Å²) in [4.78, 5) is 23.9. The summed E-state index contributed by atoms with van der Waals surface area (Å²) in [6.45, 7) is 4.45. The number of aliphatic hydroxyl groups is 1. The summed E-state index contributed by atoms with van der Waals surface area (Å²) in [5.41, 5.74) is -0.984. The maximum atomic E-state index is 12.9. The Hall–Kier alpha value is -2.21. The molecule has 1 aromatic rings. The first-order valence-corrected chi connectivity index (χ1v) is 7.63. The smallest absolute Gasteiger partial charge is 0.334 e. The van der Waals surface area contributed by atoms with Crippen molar-refractivity contribution in [3.63, 3.8) is 0 Å². The third kappa shape index (κ3) is 4.20. The lowest BCUT2D eigenvalue weighted by molar-refractivity contribution is -0.171. The molecule has 0 spiro atoms. The SMILES string of the molecule is CC(C)(C)C(=O)OCC1(CO)C/C(=C\c2ccc(F)cc2)C(=O)O1. The molecular formula is C18H21FO5. The van der Waals surface area contributed by atoms with Gasteiger partial charge in [0.15, 0.2) is 5.60 Å². The molecule has 1 saturated heterocycles. The lowest BCUT2D eigenvalue weighted by Gasteiger charge is -2.26. The third-order valence-electron chi connectivity index (χ3n) is 3.66. The third-order valence-corrected chi connectivity index (χ3v) is 3.66. The molecule has 1 N–H and O–H groups in total. The Morgan fingerprint density at radius 1 is 1.38 bits per heavy atom. The van der Waals surface area contributed by atoms with Crippen LogP contribution in [0.3, 0.4) is 0 Å². The van der Waals surface area contributed by atoms with Crippen LogP contribution in [0.1, 0.15) is 32.8 Å². The summed E-state index contributed by atoms with van der Waals surface area (Å²) in [6, 6.07) is 5.65. The summed E-state index contributed by atoms with van der Waals surface area (Å²) < 4.78 is 23.4. The number of ether oxygens (including phenoxy) is 2. The van der Waals surface area contributed by atoms with E-state index >= 15 is 0 Å². The Morgan fingerprint density at radius 3 is 2.54 bits per heavy atom. The van der Waals surface area contributed by atoms with Crippen LogP contribution in [0.2, 0.25) is 0 Å². The second kappa shape index (κ2) is 6.73. The van der Waals surface area contributed by atoms with Crippen molar-refractivity contribution in [2.75, 3.05) is 13.2 Å². The molecule has 1 aliphatic rings.